The Bertz CT molecular complexity index is 401. The second-order valence-corrected chi connectivity index (χ2v) is 4.74. The van der Waals surface area contributed by atoms with Crippen LogP contribution in [0.25, 0.3) is 0 Å². The Labute approximate surface area is 110 Å². The van der Waals surface area contributed by atoms with E-state index in [4.69, 9.17) is 4.74 Å². The summed E-state index contributed by atoms with van der Waals surface area (Å²) >= 11 is 0. The molecule has 0 fully saturated rings. The Hall–Kier alpha value is -1.51. The molecular formula is C15H23NO2. The Morgan fingerprint density at radius 2 is 2.17 bits per heavy atom. The molecule has 0 bridgehead atoms. The van der Waals surface area contributed by atoms with Gasteiger partial charge in [0.25, 0.3) is 0 Å². The molecule has 0 aliphatic rings. The normalized spacial score (nSPS) is 12.0. The number of carbonyl (C=O) groups is 1. The van der Waals surface area contributed by atoms with E-state index in [0.29, 0.717) is 6.42 Å². The van der Waals surface area contributed by atoms with Gasteiger partial charge in [0.2, 0.25) is 5.91 Å². The smallest absolute Gasteiger partial charge is 0.224 e. The summed E-state index contributed by atoms with van der Waals surface area (Å²) < 4.78 is 5.20. The van der Waals surface area contributed by atoms with Crippen molar-refractivity contribution in [1.29, 1.82) is 0 Å². The predicted molar refractivity (Wildman–Crippen MR) is 73.9 cm³/mol. The van der Waals surface area contributed by atoms with Crippen LogP contribution in [0.1, 0.15) is 37.8 Å². The average Bonchev–Trinajstić information content (AvgIpc) is 2.29. The number of aryl methyl sites for hydroxylation is 1. The van der Waals surface area contributed by atoms with Gasteiger partial charge in [-0.2, -0.15) is 0 Å². The average molecular weight is 249 g/mol. The molecule has 1 N–H and O–H groups in total. The fourth-order valence-electron chi connectivity index (χ4n) is 2.07. The summed E-state index contributed by atoms with van der Waals surface area (Å²) in [7, 11) is 1.65. The molecule has 0 aromatic heterocycles. The molecule has 1 aromatic rings. The van der Waals surface area contributed by atoms with E-state index in [1.165, 1.54) is 0 Å². The molecule has 0 spiro atoms. The highest BCUT2D eigenvalue weighted by molar-refractivity contribution is 5.78. The highest BCUT2D eigenvalue weighted by Crippen LogP contribution is 2.18. The van der Waals surface area contributed by atoms with Gasteiger partial charge in [-0.1, -0.05) is 25.5 Å². The minimum Gasteiger partial charge on any atom is -0.496 e. The van der Waals surface area contributed by atoms with Crippen molar-refractivity contribution in [2.45, 2.75) is 46.1 Å². The van der Waals surface area contributed by atoms with Gasteiger partial charge in [-0.3, -0.25) is 4.79 Å². The van der Waals surface area contributed by atoms with Crippen LogP contribution < -0.4 is 10.1 Å². The number of benzene rings is 1. The summed E-state index contributed by atoms with van der Waals surface area (Å²) in [5.41, 5.74) is 2.08. The van der Waals surface area contributed by atoms with E-state index in [2.05, 4.69) is 12.2 Å². The van der Waals surface area contributed by atoms with Gasteiger partial charge >= 0.3 is 0 Å². The lowest BCUT2D eigenvalue weighted by Gasteiger charge is -2.13. The number of hydrogen-bond acceptors (Lipinski definition) is 2. The van der Waals surface area contributed by atoms with Gasteiger partial charge in [-0.25, -0.2) is 0 Å². The Kier molecular flexibility index (Phi) is 5.69. The third-order valence-electron chi connectivity index (χ3n) is 2.95. The molecular weight excluding hydrogens is 226 g/mol. The highest BCUT2D eigenvalue weighted by atomic mass is 16.5. The van der Waals surface area contributed by atoms with Crippen molar-refractivity contribution in [3.05, 3.63) is 29.3 Å². The molecule has 1 aromatic carbocycles. The minimum absolute atomic E-state index is 0.0838. The lowest BCUT2D eigenvalue weighted by Crippen LogP contribution is -2.33. The van der Waals surface area contributed by atoms with E-state index in [1.807, 2.05) is 32.0 Å². The maximum atomic E-state index is 11.8. The first kappa shape index (κ1) is 14.6. The van der Waals surface area contributed by atoms with E-state index in [9.17, 15) is 4.79 Å². The van der Waals surface area contributed by atoms with E-state index in [0.717, 1.165) is 29.7 Å². The van der Waals surface area contributed by atoms with Crippen molar-refractivity contribution >= 4 is 5.91 Å². The van der Waals surface area contributed by atoms with Crippen molar-refractivity contribution in [2.75, 3.05) is 7.11 Å². The molecule has 100 valence electrons. The molecule has 3 heteroatoms. The highest BCUT2D eigenvalue weighted by Gasteiger charge is 2.08. The van der Waals surface area contributed by atoms with Crippen LogP contribution in [0, 0.1) is 6.92 Å². The van der Waals surface area contributed by atoms with Gasteiger partial charge in [0.05, 0.1) is 13.5 Å². The van der Waals surface area contributed by atoms with E-state index in [-0.39, 0.29) is 11.9 Å². The number of carbonyl (C=O) groups excluding carboxylic acids is 1. The number of ether oxygens (including phenoxy) is 1. The van der Waals surface area contributed by atoms with Crippen LogP contribution >= 0.6 is 0 Å². The molecule has 0 saturated carbocycles. The molecule has 1 atom stereocenters. The summed E-state index contributed by atoms with van der Waals surface area (Å²) in [6.07, 6.45) is 2.54. The number of amides is 1. The first-order valence-electron chi connectivity index (χ1n) is 6.49. The van der Waals surface area contributed by atoms with Crippen LogP contribution in [0.15, 0.2) is 18.2 Å². The summed E-state index contributed by atoms with van der Waals surface area (Å²) in [5, 5.41) is 3.01. The van der Waals surface area contributed by atoms with Crippen LogP contribution in [0.2, 0.25) is 0 Å². The third-order valence-corrected chi connectivity index (χ3v) is 2.95. The minimum atomic E-state index is 0.0838. The van der Waals surface area contributed by atoms with E-state index >= 15 is 0 Å². The lowest BCUT2D eigenvalue weighted by atomic mass is 10.1. The fourth-order valence-corrected chi connectivity index (χ4v) is 2.07. The summed E-state index contributed by atoms with van der Waals surface area (Å²) in [4.78, 5) is 11.8. The maximum absolute atomic E-state index is 11.8. The number of nitrogens with one attached hydrogen (secondary N) is 1. The van der Waals surface area contributed by atoms with Gasteiger partial charge in [-0.15, -0.1) is 0 Å². The summed E-state index contributed by atoms with van der Waals surface area (Å²) in [6.45, 7) is 6.15. The van der Waals surface area contributed by atoms with Crippen molar-refractivity contribution in [3.8, 4) is 5.75 Å². The molecule has 3 nitrogen and oxygen atoms in total. The molecule has 0 heterocycles. The second kappa shape index (κ2) is 7.04. The van der Waals surface area contributed by atoms with E-state index < -0.39 is 0 Å². The molecule has 18 heavy (non-hydrogen) atoms. The molecule has 0 saturated heterocycles. The van der Waals surface area contributed by atoms with Crippen LogP contribution in [0.5, 0.6) is 5.75 Å². The molecule has 0 aliphatic heterocycles. The zero-order valence-electron chi connectivity index (χ0n) is 11.7. The number of hydrogen-bond donors (Lipinski definition) is 1. The van der Waals surface area contributed by atoms with Gasteiger partial charge in [-0.05, 0) is 37.5 Å². The summed E-state index contributed by atoms with van der Waals surface area (Å²) in [5.74, 6) is 0.944. The van der Waals surface area contributed by atoms with Gasteiger partial charge in [0.1, 0.15) is 5.75 Å². The Morgan fingerprint density at radius 1 is 1.44 bits per heavy atom. The van der Waals surface area contributed by atoms with Crippen molar-refractivity contribution in [1.82, 2.24) is 5.32 Å². The molecule has 0 aliphatic carbocycles. The van der Waals surface area contributed by atoms with Gasteiger partial charge in [0, 0.05) is 6.04 Å². The van der Waals surface area contributed by atoms with Gasteiger partial charge in [0.15, 0.2) is 0 Å². The molecule has 1 amide bonds. The largest absolute Gasteiger partial charge is 0.496 e. The van der Waals surface area contributed by atoms with Gasteiger partial charge < -0.3 is 10.1 Å². The topological polar surface area (TPSA) is 38.3 Å². The molecule has 1 rings (SSSR count). The zero-order valence-corrected chi connectivity index (χ0v) is 11.7. The van der Waals surface area contributed by atoms with Crippen LogP contribution in [-0.4, -0.2) is 19.1 Å². The van der Waals surface area contributed by atoms with E-state index in [1.54, 1.807) is 7.11 Å². The summed E-state index contributed by atoms with van der Waals surface area (Å²) in [6, 6.07) is 6.11. The van der Waals surface area contributed by atoms with Crippen molar-refractivity contribution in [3.63, 3.8) is 0 Å². The fraction of sp³-hybridized carbons (Fsp3) is 0.533. The SMILES string of the molecule is CCC[C@@H](C)NC(=O)Cc1ccc(OC)c(C)c1. The second-order valence-electron chi connectivity index (χ2n) is 4.74. The number of methoxy groups -OCH3 is 1. The predicted octanol–water partition coefficient (Wildman–Crippen LogP) is 2.85. The quantitative estimate of drug-likeness (QED) is 0.842. The van der Waals surface area contributed by atoms with Crippen molar-refractivity contribution < 1.29 is 9.53 Å². The Morgan fingerprint density at radius 3 is 2.72 bits per heavy atom. The molecule has 0 unspecified atom stereocenters. The zero-order chi connectivity index (χ0) is 13.5. The first-order valence-corrected chi connectivity index (χ1v) is 6.49. The lowest BCUT2D eigenvalue weighted by molar-refractivity contribution is -0.121. The van der Waals surface area contributed by atoms with Crippen LogP contribution in [-0.2, 0) is 11.2 Å². The standard InChI is InChI=1S/C15H23NO2/c1-5-6-12(3)16-15(17)10-13-7-8-14(18-4)11(2)9-13/h7-9,12H,5-6,10H2,1-4H3,(H,16,17)/t12-/m1/s1. The van der Waals surface area contributed by atoms with Crippen LogP contribution in [0.3, 0.4) is 0 Å². The molecule has 0 radical (unpaired) electrons. The number of rotatable bonds is 6. The monoisotopic (exact) mass is 249 g/mol. The maximum Gasteiger partial charge on any atom is 0.224 e. The first-order chi connectivity index (χ1) is 8.56. The van der Waals surface area contributed by atoms with Crippen LogP contribution in [0.4, 0.5) is 0 Å². The Balaban J connectivity index is 2.57. The van der Waals surface area contributed by atoms with Crippen molar-refractivity contribution in [2.24, 2.45) is 0 Å². The third kappa shape index (κ3) is 4.40.